The van der Waals surface area contributed by atoms with Gasteiger partial charge < -0.3 is 19.0 Å². The zero-order valence-electron chi connectivity index (χ0n) is 14.2. The Morgan fingerprint density at radius 1 is 1.28 bits per heavy atom. The van der Waals surface area contributed by atoms with Crippen LogP contribution in [0.15, 0.2) is 34.2 Å². The Morgan fingerprint density at radius 2 is 2.08 bits per heavy atom. The van der Waals surface area contributed by atoms with Crippen LogP contribution in [-0.2, 0) is 0 Å². The summed E-state index contributed by atoms with van der Waals surface area (Å²) in [6, 6.07) is 5.59. The number of aryl methyl sites for hydroxylation is 1. The maximum absolute atomic E-state index is 12.9. The average molecular weight is 357 g/mol. The molecule has 0 saturated carbocycles. The van der Waals surface area contributed by atoms with Crippen LogP contribution >= 0.6 is 11.3 Å². The van der Waals surface area contributed by atoms with Crippen molar-refractivity contribution in [2.75, 3.05) is 38.2 Å². The summed E-state index contributed by atoms with van der Waals surface area (Å²) in [5.41, 5.74) is 1.57. The molecule has 130 valence electrons. The lowest BCUT2D eigenvalue weighted by atomic mass is 10.1. The minimum Gasteiger partial charge on any atom is -0.497 e. The van der Waals surface area contributed by atoms with Crippen LogP contribution in [0.5, 0.6) is 5.75 Å². The summed E-state index contributed by atoms with van der Waals surface area (Å²) in [4.78, 5) is 21.3. The second kappa shape index (κ2) is 6.40. The molecule has 1 aliphatic rings. The Hall–Kier alpha value is -2.54. The summed E-state index contributed by atoms with van der Waals surface area (Å²) in [6.07, 6.45) is 1.81. The number of hydrogen-bond donors (Lipinski definition) is 0. The highest BCUT2D eigenvalue weighted by molar-refractivity contribution is 7.13. The van der Waals surface area contributed by atoms with Gasteiger partial charge in [-0.2, -0.15) is 0 Å². The van der Waals surface area contributed by atoms with Crippen LogP contribution in [0.2, 0.25) is 0 Å². The van der Waals surface area contributed by atoms with Gasteiger partial charge in [-0.1, -0.05) is 0 Å². The van der Waals surface area contributed by atoms with Crippen LogP contribution in [0.4, 0.5) is 5.13 Å². The van der Waals surface area contributed by atoms with Crippen LogP contribution < -0.4 is 9.64 Å². The standard InChI is InChI=1S/C18H19N3O3S/c1-12-14-11-13(23-2)3-4-15(14)24-16(12)17(22)20-6-8-21(9-7-20)18-19-5-10-25-18/h3-5,10-11H,6-9H2,1-2H3. The fraction of sp³-hybridized carbons (Fsp3) is 0.333. The lowest BCUT2D eigenvalue weighted by Crippen LogP contribution is -2.48. The fourth-order valence-corrected chi connectivity index (χ4v) is 3.84. The Bertz CT molecular complexity index is 896. The smallest absolute Gasteiger partial charge is 0.290 e. The van der Waals surface area contributed by atoms with Gasteiger partial charge in [-0.25, -0.2) is 4.98 Å². The van der Waals surface area contributed by atoms with Crippen LogP contribution in [0, 0.1) is 6.92 Å². The fourth-order valence-electron chi connectivity index (χ4n) is 3.15. The van der Waals surface area contributed by atoms with Crippen molar-refractivity contribution in [3.05, 3.63) is 41.1 Å². The van der Waals surface area contributed by atoms with Crippen molar-refractivity contribution in [1.29, 1.82) is 0 Å². The van der Waals surface area contributed by atoms with E-state index >= 15 is 0 Å². The van der Waals surface area contributed by atoms with Crippen molar-refractivity contribution in [2.45, 2.75) is 6.92 Å². The third-order valence-electron chi connectivity index (χ3n) is 4.59. The van der Waals surface area contributed by atoms with E-state index in [1.807, 2.05) is 41.6 Å². The van der Waals surface area contributed by atoms with Gasteiger partial charge in [0.25, 0.3) is 5.91 Å². The van der Waals surface area contributed by atoms with Crippen molar-refractivity contribution in [2.24, 2.45) is 0 Å². The van der Waals surface area contributed by atoms with Crippen molar-refractivity contribution in [1.82, 2.24) is 9.88 Å². The first-order chi connectivity index (χ1) is 12.2. The van der Waals surface area contributed by atoms with Crippen LogP contribution in [0.1, 0.15) is 16.1 Å². The predicted molar refractivity (Wildman–Crippen MR) is 97.7 cm³/mol. The number of nitrogens with zero attached hydrogens (tertiary/aromatic N) is 3. The molecule has 3 aromatic rings. The number of rotatable bonds is 3. The lowest BCUT2D eigenvalue weighted by Gasteiger charge is -2.34. The largest absolute Gasteiger partial charge is 0.497 e. The minimum absolute atomic E-state index is 0.0496. The van der Waals surface area contributed by atoms with Gasteiger partial charge in [0.05, 0.1) is 7.11 Å². The molecule has 1 saturated heterocycles. The first kappa shape index (κ1) is 16.0. The van der Waals surface area contributed by atoms with E-state index in [9.17, 15) is 4.79 Å². The van der Waals surface area contributed by atoms with Crippen molar-refractivity contribution >= 4 is 33.3 Å². The highest BCUT2D eigenvalue weighted by Crippen LogP contribution is 2.30. The average Bonchev–Trinajstić information content (AvgIpc) is 3.30. The van der Waals surface area contributed by atoms with Gasteiger partial charge in [0.1, 0.15) is 11.3 Å². The Kier molecular flexibility index (Phi) is 4.09. The van der Waals surface area contributed by atoms with E-state index in [-0.39, 0.29) is 5.91 Å². The Balaban J connectivity index is 1.53. The maximum atomic E-state index is 12.9. The molecule has 1 amide bonds. The monoisotopic (exact) mass is 357 g/mol. The summed E-state index contributed by atoms with van der Waals surface area (Å²) in [5.74, 6) is 1.13. The van der Waals surface area contributed by atoms with Crippen molar-refractivity contribution < 1.29 is 13.9 Å². The van der Waals surface area contributed by atoms with E-state index < -0.39 is 0 Å². The number of aromatic nitrogens is 1. The number of fused-ring (bicyclic) bond motifs is 1. The molecule has 1 aromatic carbocycles. The van der Waals surface area contributed by atoms with Crippen molar-refractivity contribution in [3.8, 4) is 5.75 Å². The van der Waals surface area contributed by atoms with E-state index in [4.69, 9.17) is 9.15 Å². The first-order valence-electron chi connectivity index (χ1n) is 8.18. The molecule has 3 heterocycles. The van der Waals surface area contributed by atoms with E-state index in [1.165, 1.54) is 0 Å². The number of thiazole rings is 1. The Labute approximate surface area is 149 Å². The van der Waals surface area contributed by atoms with E-state index in [0.29, 0.717) is 24.4 Å². The number of carbonyl (C=O) groups excluding carboxylic acids is 1. The number of anilines is 1. The molecular formula is C18H19N3O3S. The summed E-state index contributed by atoms with van der Waals surface area (Å²) in [5, 5.41) is 3.90. The SMILES string of the molecule is COc1ccc2oc(C(=O)N3CCN(c4nccs4)CC3)c(C)c2c1. The highest BCUT2D eigenvalue weighted by Gasteiger charge is 2.27. The van der Waals surface area contributed by atoms with Crippen LogP contribution in [0.3, 0.4) is 0 Å². The van der Waals surface area contributed by atoms with Gasteiger partial charge in [-0.05, 0) is 25.1 Å². The number of piperazine rings is 1. The third-order valence-corrected chi connectivity index (χ3v) is 5.43. The minimum atomic E-state index is -0.0496. The number of hydrogen-bond acceptors (Lipinski definition) is 6. The van der Waals surface area contributed by atoms with E-state index in [1.54, 1.807) is 18.4 Å². The molecule has 0 N–H and O–H groups in total. The quantitative estimate of drug-likeness (QED) is 0.721. The van der Waals surface area contributed by atoms with Gasteiger partial charge in [0.2, 0.25) is 0 Å². The molecule has 0 unspecified atom stereocenters. The summed E-state index contributed by atoms with van der Waals surface area (Å²) in [6.45, 7) is 4.82. The molecule has 6 nitrogen and oxygen atoms in total. The van der Waals surface area contributed by atoms with Gasteiger partial charge >= 0.3 is 0 Å². The molecule has 7 heteroatoms. The maximum Gasteiger partial charge on any atom is 0.290 e. The van der Waals surface area contributed by atoms with Crippen molar-refractivity contribution in [3.63, 3.8) is 0 Å². The topological polar surface area (TPSA) is 58.8 Å². The number of furan rings is 1. The molecular weight excluding hydrogens is 338 g/mol. The van der Waals surface area contributed by atoms with Gasteiger partial charge in [-0.3, -0.25) is 4.79 Å². The number of ether oxygens (including phenoxy) is 1. The zero-order valence-corrected chi connectivity index (χ0v) is 15.0. The third kappa shape index (κ3) is 2.84. The number of benzene rings is 1. The number of carbonyl (C=O) groups is 1. The summed E-state index contributed by atoms with van der Waals surface area (Å²) < 4.78 is 11.1. The molecule has 0 bridgehead atoms. The molecule has 0 atom stereocenters. The molecule has 2 aromatic heterocycles. The number of amides is 1. The van der Waals surface area contributed by atoms with Gasteiger partial charge in [0.15, 0.2) is 10.9 Å². The first-order valence-corrected chi connectivity index (χ1v) is 9.06. The molecule has 0 radical (unpaired) electrons. The second-order valence-electron chi connectivity index (χ2n) is 6.01. The van der Waals surface area contributed by atoms with Crippen LogP contribution in [0.25, 0.3) is 11.0 Å². The lowest BCUT2D eigenvalue weighted by molar-refractivity contribution is 0.0716. The molecule has 0 aliphatic carbocycles. The van der Waals surface area contributed by atoms with Gasteiger partial charge in [-0.15, -0.1) is 11.3 Å². The molecule has 4 rings (SSSR count). The second-order valence-corrected chi connectivity index (χ2v) is 6.89. The van der Waals surface area contributed by atoms with Gasteiger partial charge in [0, 0.05) is 48.7 Å². The predicted octanol–water partition coefficient (Wildman–Crippen LogP) is 3.17. The molecule has 25 heavy (non-hydrogen) atoms. The molecule has 1 aliphatic heterocycles. The van der Waals surface area contributed by atoms with E-state index in [2.05, 4.69) is 9.88 Å². The highest BCUT2D eigenvalue weighted by atomic mass is 32.1. The van der Waals surface area contributed by atoms with Crippen LogP contribution in [-0.4, -0.2) is 49.1 Å². The summed E-state index contributed by atoms with van der Waals surface area (Å²) in [7, 11) is 1.63. The molecule has 0 spiro atoms. The van der Waals surface area contributed by atoms with E-state index in [0.717, 1.165) is 34.9 Å². The molecule has 1 fully saturated rings. The normalized spacial score (nSPS) is 15.0. The Morgan fingerprint density at radius 3 is 2.76 bits per heavy atom. The summed E-state index contributed by atoms with van der Waals surface area (Å²) >= 11 is 1.63. The number of methoxy groups -OCH3 is 1. The zero-order chi connectivity index (χ0) is 17.4.